The summed E-state index contributed by atoms with van der Waals surface area (Å²) in [5.74, 6) is -1.17. The number of carbonyl (C=O) groups is 1. The molecule has 92 valence electrons. The Kier molecular flexibility index (Phi) is 13.8. The molecule has 0 aromatic carbocycles. The van der Waals surface area contributed by atoms with Crippen molar-refractivity contribution >= 4 is 11.9 Å². The van der Waals surface area contributed by atoms with Gasteiger partial charge in [0.1, 0.15) is 0 Å². The second kappa shape index (κ2) is 10.7. The first-order valence-electron chi connectivity index (χ1n) is 4.09. The number of nitrogens with one attached hydrogen (secondary N) is 1. The van der Waals surface area contributed by atoms with Crippen LogP contribution in [0.2, 0.25) is 0 Å². The fourth-order valence-corrected chi connectivity index (χ4v) is 0.0500. The summed E-state index contributed by atoms with van der Waals surface area (Å²) in [5.41, 5.74) is 8.64. The number of carboxylic acids is 1. The van der Waals surface area contributed by atoms with Crippen molar-refractivity contribution in [3.05, 3.63) is 0 Å². The van der Waals surface area contributed by atoms with E-state index in [0.29, 0.717) is 0 Å². The molecule has 0 bridgehead atoms. The van der Waals surface area contributed by atoms with Gasteiger partial charge in [-0.2, -0.15) is 0 Å². The van der Waals surface area contributed by atoms with Crippen molar-refractivity contribution in [2.24, 2.45) is 16.9 Å². The minimum Gasteiger partial charge on any atom is -0.481 e. The molecule has 0 unspecified atom stereocenters. The highest BCUT2D eigenvalue weighted by molar-refractivity contribution is 5.71. The van der Waals surface area contributed by atoms with E-state index in [9.17, 15) is 0 Å². The van der Waals surface area contributed by atoms with E-state index in [0.717, 1.165) is 6.92 Å². The van der Waals surface area contributed by atoms with Crippen LogP contribution in [0.1, 0.15) is 20.8 Å². The Hall–Kier alpha value is -1.34. The van der Waals surface area contributed by atoms with Gasteiger partial charge in [-0.1, -0.05) is 13.8 Å². The molecule has 0 fully saturated rings. The van der Waals surface area contributed by atoms with Crippen LogP contribution in [0.4, 0.5) is 0 Å². The van der Waals surface area contributed by atoms with E-state index in [4.69, 9.17) is 25.5 Å². The maximum absolute atomic E-state index is 9.00. The summed E-state index contributed by atoms with van der Waals surface area (Å²) in [6.45, 7) is 4.77. The topological polar surface area (TPSA) is 154 Å². The van der Waals surface area contributed by atoms with Crippen LogP contribution in [-0.4, -0.2) is 40.5 Å². The van der Waals surface area contributed by atoms with E-state index >= 15 is 0 Å². The fourth-order valence-electron chi connectivity index (χ4n) is 0.0500. The minimum atomic E-state index is -0.833. The Bertz CT molecular complexity index is 157. The first kappa shape index (κ1) is 19.3. The maximum atomic E-state index is 9.00. The van der Waals surface area contributed by atoms with Crippen molar-refractivity contribution < 1.29 is 20.1 Å². The largest absolute Gasteiger partial charge is 0.481 e. The highest BCUT2D eigenvalue weighted by atomic mass is 16.4. The van der Waals surface area contributed by atoms with E-state index in [-0.39, 0.29) is 24.6 Å². The standard InChI is InChI=1S/C5H12O2.C2H4O2.CH5N3/c1-5(2,3-6)4-7;1-2(3)4;2-1(3)4/h6-7H,3-4H2,1-2H3;1H3,(H,3,4);(H5,2,3,4). The van der Waals surface area contributed by atoms with Crippen LogP contribution in [0.3, 0.4) is 0 Å². The fraction of sp³-hybridized carbons (Fsp3) is 0.750. The van der Waals surface area contributed by atoms with Crippen molar-refractivity contribution in [1.82, 2.24) is 0 Å². The number of nitrogens with two attached hydrogens (primary N) is 2. The molecule has 0 radical (unpaired) electrons. The zero-order valence-corrected chi connectivity index (χ0v) is 9.32. The molecule has 7 heteroatoms. The van der Waals surface area contributed by atoms with Gasteiger partial charge in [-0.3, -0.25) is 10.2 Å². The molecule has 0 aromatic rings. The molecule has 0 amide bonds. The smallest absolute Gasteiger partial charge is 0.300 e. The van der Waals surface area contributed by atoms with E-state index in [2.05, 4.69) is 11.5 Å². The number of aliphatic hydroxyl groups excluding tert-OH is 2. The van der Waals surface area contributed by atoms with Crippen molar-refractivity contribution in [3.63, 3.8) is 0 Å². The average Bonchev–Trinajstić information content (AvgIpc) is 2.02. The second-order valence-electron chi connectivity index (χ2n) is 3.45. The van der Waals surface area contributed by atoms with Crippen molar-refractivity contribution in [2.75, 3.05) is 13.2 Å². The number of guanidine groups is 1. The Balaban J connectivity index is -0.000000155. The Morgan fingerprint density at radius 2 is 1.40 bits per heavy atom. The Morgan fingerprint density at radius 1 is 1.27 bits per heavy atom. The lowest BCUT2D eigenvalue weighted by Gasteiger charge is -2.16. The number of carboxylic acid groups (broad SMARTS) is 1. The van der Waals surface area contributed by atoms with E-state index < -0.39 is 5.97 Å². The number of hydrogen-bond acceptors (Lipinski definition) is 4. The number of hydrogen-bond donors (Lipinski definition) is 6. The molecule has 0 rings (SSSR count). The Labute approximate surface area is 89.2 Å². The van der Waals surface area contributed by atoms with E-state index in [1.807, 2.05) is 0 Å². The summed E-state index contributed by atoms with van der Waals surface area (Å²) in [6.07, 6.45) is 0. The third-order valence-electron chi connectivity index (χ3n) is 0.856. The van der Waals surface area contributed by atoms with E-state index in [1.165, 1.54) is 0 Å². The summed E-state index contributed by atoms with van der Waals surface area (Å²) in [4.78, 5) is 9.00. The summed E-state index contributed by atoms with van der Waals surface area (Å²) in [5, 5.41) is 30.3. The molecule has 0 aliphatic rings. The van der Waals surface area contributed by atoms with Gasteiger partial charge in [0, 0.05) is 12.3 Å². The molecule has 0 heterocycles. The molecule has 0 saturated heterocycles. The molecule has 7 nitrogen and oxygen atoms in total. The van der Waals surface area contributed by atoms with Crippen LogP contribution in [-0.2, 0) is 4.79 Å². The van der Waals surface area contributed by atoms with Gasteiger partial charge in [-0.15, -0.1) is 0 Å². The lowest BCUT2D eigenvalue weighted by Crippen LogP contribution is -2.20. The highest BCUT2D eigenvalue weighted by Gasteiger charge is 2.13. The zero-order valence-electron chi connectivity index (χ0n) is 9.32. The molecule has 8 N–H and O–H groups in total. The van der Waals surface area contributed by atoms with Crippen molar-refractivity contribution in [1.29, 1.82) is 5.41 Å². The summed E-state index contributed by atoms with van der Waals surface area (Å²) in [7, 11) is 0. The number of aliphatic carboxylic acids is 1. The van der Waals surface area contributed by atoms with Gasteiger partial charge in [-0.25, -0.2) is 0 Å². The normalized spacial score (nSPS) is 8.87. The van der Waals surface area contributed by atoms with Crippen LogP contribution < -0.4 is 11.5 Å². The molecule has 15 heavy (non-hydrogen) atoms. The van der Waals surface area contributed by atoms with Crippen LogP contribution in [0.25, 0.3) is 0 Å². The first-order valence-corrected chi connectivity index (χ1v) is 4.09. The summed E-state index contributed by atoms with van der Waals surface area (Å²) < 4.78 is 0. The third kappa shape index (κ3) is 66.2. The average molecular weight is 223 g/mol. The minimum absolute atomic E-state index is 0.0451. The lowest BCUT2D eigenvalue weighted by molar-refractivity contribution is -0.134. The van der Waals surface area contributed by atoms with Gasteiger partial charge in [-0.05, 0) is 0 Å². The molecular weight excluding hydrogens is 202 g/mol. The quantitative estimate of drug-likeness (QED) is 0.259. The molecule has 0 atom stereocenters. The maximum Gasteiger partial charge on any atom is 0.300 e. The molecule has 0 aliphatic carbocycles. The van der Waals surface area contributed by atoms with Crippen molar-refractivity contribution in [2.45, 2.75) is 20.8 Å². The van der Waals surface area contributed by atoms with Gasteiger partial charge in [0.15, 0.2) is 5.96 Å². The third-order valence-corrected chi connectivity index (χ3v) is 0.856. The van der Waals surface area contributed by atoms with Crippen molar-refractivity contribution in [3.8, 4) is 0 Å². The SMILES string of the molecule is CC(=O)O.CC(C)(CO)CO.N=C(N)N. The molecule has 0 aromatic heterocycles. The predicted molar refractivity (Wildman–Crippen MR) is 57.4 cm³/mol. The van der Waals surface area contributed by atoms with Gasteiger partial charge >= 0.3 is 0 Å². The molecule has 0 saturated carbocycles. The first-order chi connectivity index (χ1) is 6.59. The highest BCUT2D eigenvalue weighted by Crippen LogP contribution is 2.10. The van der Waals surface area contributed by atoms with Crippen LogP contribution in [0.5, 0.6) is 0 Å². The van der Waals surface area contributed by atoms with E-state index in [1.54, 1.807) is 13.8 Å². The lowest BCUT2D eigenvalue weighted by atomic mass is 9.97. The van der Waals surface area contributed by atoms with Crippen LogP contribution >= 0.6 is 0 Å². The molecule has 0 aliphatic heterocycles. The second-order valence-corrected chi connectivity index (χ2v) is 3.45. The molecular formula is C8H21N3O4. The van der Waals surface area contributed by atoms with Crippen LogP contribution in [0, 0.1) is 10.8 Å². The summed E-state index contributed by atoms with van der Waals surface area (Å²) >= 11 is 0. The summed E-state index contributed by atoms with van der Waals surface area (Å²) in [6, 6.07) is 0. The monoisotopic (exact) mass is 223 g/mol. The van der Waals surface area contributed by atoms with Gasteiger partial charge in [0.25, 0.3) is 5.97 Å². The van der Waals surface area contributed by atoms with Gasteiger partial charge in [0.05, 0.1) is 13.2 Å². The van der Waals surface area contributed by atoms with Gasteiger partial charge in [0.2, 0.25) is 0 Å². The number of aliphatic hydroxyl groups is 2. The van der Waals surface area contributed by atoms with Gasteiger partial charge < -0.3 is 26.8 Å². The molecule has 0 spiro atoms. The zero-order chi connectivity index (χ0) is 13.1. The number of rotatable bonds is 2. The predicted octanol–water partition coefficient (Wildman–Crippen LogP) is -1.07. The Morgan fingerprint density at radius 3 is 1.40 bits per heavy atom. The van der Waals surface area contributed by atoms with Crippen LogP contribution in [0.15, 0.2) is 0 Å².